The second kappa shape index (κ2) is 10.4. The predicted molar refractivity (Wildman–Crippen MR) is 137 cm³/mol. The fourth-order valence-electron chi connectivity index (χ4n) is 3.89. The van der Waals surface area contributed by atoms with Crippen LogP contribution in [0.5, 0.6) is 11.6 Å². The van der Waals surface area contributed by atoms with Crippen LogP contribution < -0.4 is 15.0 Å². The maximum Gasteiger partial charge on any atom is 0.281 e. The van der Waals surface area contributed by atoms with Gasteiger partial charge in [-0.05, 0) is 49.2 Å². The van der Waals surface area contributed by atoms with Gasteiger partial charge < -0.3 is 15.0 Å². The van der Waals surface area contributed by atoms with Gasteiger partial charge >= 0.3 is 0 Å². The molecule has 188 valence electrons. The number of nitrogens with one attached hydrogen (secondary N) is 1. The SMILES string of the molecule is Cc1cc(C#N)cc(C)c1Oc1ccnc(Nc2ccc(N3CCN(S(=O)(=O)N(C)C)CC3)nc2)n1. The molecule has 0 aliphatic carbocycles. The lowest BCUT2D eigenvalue weighted by atomic mass is 10.1. The molecule has 0 bridgehead atoms. The number of hydrogen-bond acceptors (Lipinski definition) is 9. The average molecular weight is 509 g/mol. The van der Waals surface area contributed by atoms with Crippen LogP contribution >= 0.6 is 0 Å². The van der Waals surface area contributed by atoms with Crippen LogP contribution in [0.2, 0.25) is 0 Å². The molecular formula is C24H28N8O3S. The fourth-order valence-corrected chi connectivity index (χ4v) is 4.98. The van der Waals surface area contributed by atoms with Crippen LogP contribution in [0.25, 0.3) is 0 Å². The Hall–Kier alpha value is -3.79. The summed E-state index contributed by atoms with van der Waals surface area (Å²) >= 11 is 0. The van der Waals surface area contributed by atoms with E-state index < -0.39 is 10.2 Å². The molecule has 1 aliphatic rings. The number of benzene rings is 1. The zero-order valence-electron chi connectivity index (χ0n) is 20.6. The second-order valence-corrected chi connectivity index (χ2v) is 10.7. The topological polar surface area (TPSA) is 128 Å². The molecule has 0 amide bonds. The van der Waals surface area contributed by atoms with Gasteiger partial charge in [0.15, 0.2) is 0 Å². The highest BCUT2D eigenvalue weighted by molar-refractivity contribution is 7.86. The van der Waals surface area contributed by atoms with Gasteiger partial charge in [-0.1, -0.05) is 0 Å². The zero-order chi connectivity index (χ0) is 25.9. The molecule has 0 radical (unpaired) electrons. The highest BCUT2D eigenvalue weighted by atomic mass is 32.2. The summed E-state index contributed by atoms with van der Waals surface area (Å²) in [5.41, 5.74) is 2.98. The molecule has 1 saturated heterocycles. The number of hydrogen-bond donors (Lipinski definition) is 1. The first-order valence-corrected chi connectivity index (χ1v) is 12.7. The van der Waals surface area contributed by atoms with E-state index >= 15 is 0 Å². The molecule has 12 heteroatoms. The molecule has 1 aliphatic heterocycles. The minimum absolute atomic E-state index is 0.355. The maximum absolute atomic E-state index is 12.3. The Morgan fingerprint density at radius 2 is 1.75 bits per heavy atom. The van der Waals surface area contributed by atoms with E-state index in [1.165, 1.54) is 22.7 Å². The van der Waals surface area contributed by atoms with Crippen LogP contribution in [0.3, 0.4) is 0 Å². The number of piperazine rings is 1. The van der Waals surface area contributed by atoms with E-state index in [-0.39, 0.29) is 0 Å². The van der Waals surface area contributed by atoms with E-state index in [1.54, 1.807) is 30.6 Å². The number of ether oxygens (including phenoxy) is 1. The molecule has 4 rings (SSSR count). The van der Waals surface area contributed by atoms with Crippen molar-refractivity contribution in [2.24, 2.45) is 0 Å². The van der Waals surface area contributed by atoms with Crippen molar-refractivity contribution in [2.75, 3.05) is 50.5 Å². The van der Waals surface area contributed by atoms with Crippen LogP contribution in [-0.4, -0.2) is 72.3 Å². The van der Waals surface area contributed by atoms with Crippen molar-refractivity contribution in [3.8, 4) is 17.7 Å². The Balaban J connectivity index is 1.40. The summed E-state index contributed by atoms with van der Waals surface area (Å²) < 4.78 is 33.3. The van der Waals surface area contributed by atoms with Crippen molar-refractivity contribution in [3.63, 3.8) is 0 Å². The minimum Gasteiger partial charge on any atom is -0.438 e. The van der Waals surface area contributed by atoms with Gasteiger partial charge in [-0.15, -0.1) is 0 Å². The van der Waals surface area contributed by atoms with Crippen molar-refractivity contribution in [2.45, 2.75) is 13.8 Å². The number of rotatable bonds is 7. The minimum atomic E-state index is -3.41. The van der Waals surface area contributed by atoms with Crippen molar-refractivity contribution in [3.05, 3.63) is 59.4 Å². The van der Waals surface area contributed by atoms with E-state index in [0.717, 1.165) is 16.9 Å². The van der Waals surface area contributed by atoms with E-state index in [0.29, 0.717) is 55.0 Å². The normalized spacial score (nSPS) is 14.5. The molecule has 0 saturated carbocycles. The number of anilines is 3. The Morgan fingerprint density at radius 1 is 1.06 bits per heavy atom. The molecule has 0 unspecified atom stereocenters. The Kier molecular flexibility index (Phi) is 7.35. The fraction of sp³-hybridized carbons (Fsp3) is 0.333. The molecule has 1 fully saturated rings. The predicted octanol–water partition coefficient (Wildman–Crippen LogP) is 2.82. The van der Waals surface area contributed by atoms with Crippen LogP contribution in [0.1, 0.15) is 16.7 Å². The Morgan fingerprint density at radius 3 is 2.33 bits per heavy atom. The number of pyridine rings is 1. The molecule has 3 aromatic rings. The van der Waals surface area contributed by atoms with Gasteiger partial charge in [0, 0.05) is 52.5 Å². The highest BCUT2D eigenvalue weighted by Gasteiger charge is 2.28. The number of nitriles is 1. The van der Waals surface area contributed by atoms with E-state index in [9.17, 15) is 8.42 Å². The van der Waals surface area contributed by atoms with Crippen LogP contribution in [-0.2, 0) is 10.2 Å². The van der Waals surface area contributed by atoms with Crippen LogP contribution in [0.4, 0.5) is 17.5 Å². The Labute approximate surface area is 211 Å². The lowest BCUT2D eigenvalue weighted by molar-refractivity contribution is 0.355. The maximum atomic E-state index is 12.3. The van der Waals surface area contributed by atoms with E-state index in [4.69, 9.17) is 10.00 Å². The number of aryl methyl sites for hydroxylation is 2. The van der Waals surface area contributed by atoms with Gasteiger partial charge in [-0.3, -0.25) is 0 Å². The number of aromatic nitrogens is 3. The van der Waals surface area contributed by atoms with Crippen LogP contribution in [0.15, 0.2) is 42.7 Å². The average Bonchev–Trinajstić information content (AvgIpc) is 2.87. The molecule has 11 nitrogen and oxygen atoms in total. The first-order valence-electron chi connectivity index (χ1n) is 11.4. The third kappa shape index (κ3) is 5.54. The van der Waals surface area contributed by atoms with Gasteiger partial charge in [0.2, 0.25) is 11.8 Å². The van der Waals surface area contributed by atoms with E-state index in [1.807, 2.05) is 26.0 Å². The summed E-state index contributed by atoms with van der Waals surface area (Å²) in [6, 6.07) is 11.1. The summed E-state index contributed by atoms with van der Waals surface area (Å²) in [5, 5.41) is 12.3. The summed E-state index contributed by atoms with van der Waals surface area (Å²) in [7, 11) is -0.331. The standard InChI is InChI=1S/C24H28N8O3S/c1-17-13-19(15-25)14-18(2)23(17)35-22-7-8-26-24(29-22)28-20-5-6-21(27-16-20)31-9-11-32(12-10-31)36(33,34)30(3)4/h5-8,13-14,16H,9-12H2,1-4H3,(H,26,28,29). The van der Waals surface area contributed by atoms with Crippen molar-refractivity contribution >= 4 is 27.7 Å². The van der Waals surface area contributed by atoms with Crippen LogP contribution in [0, 0.1) is 25.2 Å². The van der Waals surface area contributed by atoms with Crippen molar-refractivity contribution in [1.82, 2.24) is 23.6 Å². The smallest absolute Gasteiger partial charge is 0.281 e. The third-order valence-corrected chi connectivity index (χ3v) is 7.72. The van der Waals surface area contributed by atoms with Crippen molar-refractivity contribution in [1.29, 1.82) is 5.26 Å². The lowest BCUT2D eigenvalue weighted by Crippen LogP contribution is -2.51. The lowest BCUT2D eigenvalue weighted by Gasteiger charge is -2.35. The first-order chi connectivity index (χ1) is 17.2. The number of nitrogens with zero attached hydrogens (tertiary/aromatic N) is 7. The van der Waals surface area contributed by atoms with Gasteiger partial charge in [0.1, 0.15) is 11.6 Å². The monoisotopic (exact) mass is 508 g/mol. The molecular weight excluding hydrogens is 480 g/mol. The van der Waals surface area contributed by atoms with Gasteiger partial charge in [0.25, 0.3) is 10.2 Å². The van der Waals surface area contributed by atoms with Gasteiger partial charge in [-0.2, -0.15) is 27.3 Å². The van der Waals surface area contributed by atoms with Crippen molar-refractivity contribution < 1.29 is 13.2 Å². The molecule has 2 aromatic heterocycles. The summed E-state index contributed by atoms with van der Waals surface area (Å²) in [4.78, 5) is 15.3. The largest absolute Gasteiger partial charge is 0.438 e. The molecule has 1 aromatic carbocycles. The van der Waals surface area contributed by atoms with Gasteiger partial charge in [-0.25, -0.2) is 9.97 Å². The zero-order valence-corrected chi connectivity index (χ0v) is 21.4. The Bertz CT molecular complexity index is 1360. The van der Waals surface area contributed by atoms with E-state index in [2.05, 4.69) is 31.2 Å². The quantitative estimate of drug-likeness (QED) is 0.512. The molecule has 0 spiro atoms. The summed E-state index contributed by atoms with van der Waals surface area (Å²) in [6.07, 6.45) is 3.28. The summed E-state index contributed by atoms with van der Waals surface area (Å²) in [6.45, 7) is 5.70. The second-order valence-electron chi connectivity index (χ2n) is 8.58. The molecule has 1 N–H and O–H groups in total. The molecule has 36 heavy (non-hydrogen) atoms. The summed E-state index contributed by atoms with van der Waals surface area (Å²) in [5.74, 6) is 2.16. The third-order valence-electron chi connectivity index (χ3n) is 5.78. The molecule has 0 atom stereocenters. The van der Waals surface area contributed by atoms with Gasteiger partial charge in [0.05, 0.1) is 23.5 Å². The highest BCUT2D eigenvalue weighted by Crippen LogP contribution is 2.29. The molecule has 3 heterocycles. The first kappa shape index (κ1) is 25.3.